The normalized spacial score (nSPS) is 21.8. The fourth-order valence-corrected chi connectivity index (χ4v) is 3.44. The Morgan fingerprint density at radius 1 is 1.25 bits per heavy atom. The highest BCUT2D eigenvalue weighted by Crippen LogP contribution is 2.23. The van der Waals surface area contributed by atoms with Crippen molar-refractivity contribution in [3.05, 3.63) is 30.6 Å². The number of imidazole rings is 1. The van der Waals surface area contributed by atoms with Crippen LogP contribution in [-0.4, -0.2) is 35.1 Å². The molecule has 1 saturated carbocycles. The number of aromatic nitrogens is 2. The minimum absolute atomic E-state index is 0.574. The van der Waals surface area contributed by atoms with E-state index in [0.717, 1.165) is 36.9 Å². The first-order valence-corrected chi connectivity index (χ1v) is 9.13. The number of benzene rings is 1. The Bertz CT molecular complexity index is 667. The summed E-state index contributed by atoms with van der Waals surface area (Å²) in [6.45, 7) is 4.23. The highest BCUT2D eigenvalue weighted by Gasteiger charge is 2.18. The van der Waals surface area contributed by atoms with Crippen molar-refractivity contribution in [3.8, 4) is 0 Å². The van der Waals surface area contributed by atoms with Gasteiger partial charge in [-0.2, -0.15) is 0 Å². The van der Waals surface area contributed by atoms with Crippen molar-refractivity contribution in [1.82, 2.24) is 20.2 Å². The number of aliphatic imine (C=N–C) groups is 1. The number of nitrogens with one attached hydrogen (secondary N) is 2. The van der Waals surface area contributed by atoms with Gasteiger partial charge in [0.05, 0.1) is 17.4 Å². The van der Waals surface area contributed by atoms with Gasteiger partial charge in [0.1, 0.15) is 0 Å². The van der Waals surface area contributed by atoms with Gasteiger partial charge in [-0.05, 0) is 50.2 Å². The summed E-state index contributed by atoms with van der Waals surface area (Å²) in [7, 11) is 1.85. The molecule has 2 N–H and O–H groups in total. The number of rotatable bonds is 5. The average molecular weight is 327 g/mol. The maximum atomic E-state index is 4.44. The lowest BCUT2D eigenvalue weighted by molar-refractivity contribution is 0.329. The van der Waals surface area contributed by atoms with Crippen LogP contribution in [0, 0.1) is 5.92 Å². The van der Waals surface area contributed by atoms with Crippen molar-refractivity contribution in [2.75, 3.05) is 13.6 Å². The van der Waals surface area contributed by atoms with Crippen molar-refractivity contribution < 1.29 is 0 Å². The van der Waals surface area contributed by atoms with Crippen molar-refractivity contribution >= 4 is 17.0 Å². The first-order valence-electron chi connectivity index (χ1n) is 9.13. The first kappa shape index (κ1) is 16.8. The van der Waals surface area contributed by atoms with E-state index in [-0.39, 0.29) is 0 Å². The van der Waals surface area contributed by atoms with Crippen LogP contribution in [0.15, 0.2) is 35.6 Å². The molecule has 1 aliphatic rings. The summed E-state index contributed by atoms with van der Waals surface area (Å²) in [6.07, 6.45) is 8.13. The van der Waals surface area contributed by atoms with Crippen LogP contribution in [0.3, 0.4) is 0 Å². The van der Waals surface area contributed by atoms with Crippen LogP contribution in [0.25, 0.3) is 11.0 Å². The maximum absolute atomic E-state index is 4.44. The van der Waals surface area contributed by atoms with Gasteiger partial charge in [-0.25, -0.2) is 4.98 Å². The minimum Gasteiger partial charge on any atom is -0.356 e. The zero-order valence-corrected chi connectivity index (χ0v) is 14.8. The van der Waals surface area contributed by atoms with Crippen LogP contribution >= 0.6 is 0 Å². The molecule has 24 heavy (non-hydrogen) atoms. The number of hydrogen-bond acceptors (Lipinski definition) is 2. The van der Waals surface area contributed by atoms with Gasteiger partial charge in [-0.3, -0.25) is 4.99 Å². The molecule has 0 saturated heterocycles. The second-order valence-corrected chi connectivity index (χ2v) is 6.88. The van der Waals surface area contributed by atoms with E-state index in [9.17, 15) is 0 Å². The molecule has 3 rings (SSSR count). The molecule has 1 aliphatic carbocycles. The van der Waals surface area contributed by atoms with Gasteiger partial charge in [0.15, 0.2) is 5.96 Å². The Labute approximate surface area is 144 Å². The number of aryl methyl sites for hydroxylation is 1. The number of fused-ring (bicyclic) bond motifs is 1. The molecule has 2 aromatic rings. The van der Waals surface area contributed by atoms with E-state index in [1.807, 2.05) is 19.4 Å². The summed E-state index contributed by atoms with van der Waals surface area (Å²) >= 11 is 0. The van der Waals surface area contributed by atoms with E-state index >= 15 is 0 Å². The third-order valence-corrected chi connectivity index (χ3v) is 4.98. The standard InChI is InChI=1S/C19H29N5/c1-15-8-10-16(11-9-15)23-19(20-2)21-12-5-13-24-14-22-17-6-3-4-7-18(17)24/h3-4,6-7,14-16H,5,8-13H2,1-2H3,(H2,20,21,23). The number of hydrogen-bond donors (Lipinski definition) is 2. The first-order chi connectivity index (χ1) is 11.8. The SMILES string of the molecule is CN=C(NCCCn1cnc2ccccc21)NC1CCC(C)CC1. The molecule has 1 fully saturated rings. The highest BCUT2D eigenvalue weighted by atomic mass is 15.2. The summed E-state index contributed by atoms with van der Waals surface area (Å²) in [5.41, 5.74) is 2.27. The molecule has 130 valence electrons. The van der Waals surface area contributed by atoms with Crippen LogP contribution in [0.4, 0.5) is 0 Å². The molecule has 1 aromatic carbocycles. The molecular weight excluding hydrogens is 298 g/mol. The van der Waals surface area contributed by atoms with Gasteiger partial charge in [0.25, 0.3) is 0 Å². The van der Waals surface area contributed by atoms with Gasteiger partial charge in [0, 0.05) is 26.2 Å². The van der Waals surface area contributed by atoms with Crippen molar-refractivity contribution in [2.45, 2.75) is 51.6 Å². The van der Waals surface area contributed by atoms with E-state index in [1.54, 1.807) is 0 Å². The Morgan fingerprint density at radius 3 is 2.83 bits per heavy atom. The number of para-hydroxylation sites is 2. The number of guanidine groups is 1. The summed E-state index contributed by atoms with van der Waals surface area (Å²) < 4.78 is 2.22. The molecule has 0 amide bonds. The van der Waals surface area contributed by atoms with Crippen LogP contribution in [0.1, 0.15) is 39.0 Å². The van der Waals surface area contributed by atoms with E-state index < -0.39 is 0 Å². The second kappa shape index (κ2) is 8.18. The van der Waals surface area contributed by atoms with Gasteiger partial charge >= 0.3 is 0 Å². The molecule has 0 bridgehead atoms. The van der Waals surface area contributed by atoms with E-state index in [1.165, 1.54) is 31.2 Å². The predicted octanol–water partition coefficient (Wildman–Crippen LogP) is 3.17. The van der Waals surface area contributed by atoms with Gasteiger partial charge in [0.2, 0.25) is 0 Å². The smallest absolute Gasteiger partial charge is 0.191 e. The zero-order valence-electron chi connectivity index (χ0n) is 14.8. The Kier molecular flexibility index (Phi) is 5.72. The van der Waals surface area contributed by atoms with Gasteiger partial charge < -0.3 is 15.2 Å². The lowest BCUT2D eigenvalue weighted by Crippen LogP contribution is -2.45. The third-order valence-electron chi connectivity index (χ3n) is 4.98. The lowest BCUT2D eigenvalue weighted by atomic mass is 9.87. The molecule has 1 heterocycles. The quantitative estimate of drug-likeness (QED) is 0.504. The zero-order chi connectivity index (χ0) is 16.8. The minimum atomic E-state index is 0.574. The van der Waals surface area contributed by atoms with E-state index in [2.05, 4.69) is 50.3 Å². The van der Waals surface area contributed by atoms with Crippen LogP contribution < -0.4 is 10.6 Å². The molecule has 0 radical (unpaired) electrons. The molecule has 5 heteroatoms. The molecular formula is C19H29N5. The Hall–Kier alpha value is -2.04. The molecule has 0 atom stereocenters. The predicted molar refractivity (Wildman–Crippen MR) is 100 cm³/mol. The maximum Gasteiger partial charge on any atom is 0.191 e. The van der Waals surface area contributed by atoms with E-state index in [0.29, 0.717) is 6.04 Å². The van der Waals surface area contributed by atoms with Gasteiger partial charge in [-0.1, -0.05) is 19.1 Å². The molecule has 0 spiro atoms. The Balaban J connectivity index is 1.42. The van der Waals surface area contributed by atoms with Crippen LogP contribution in [-0.2, 0) is 6.54 Å². The second-order valence-electron chi connectivity index (χ2n) is 6.88. The van der Waals surface area contributed by atoms with E-state index in [4.69, 9.17) is 0 Å². The molecule has 1 aromatic heterocycles. The average Bonchev–Trinajstić information content (AvgIpc) is 3.02. The van der Waals surface area contributed by atoms with Crippen molar-refractivity contribution in [2.24, 2.45) is 10.9 Å². The van der Waals surface area contributed by atoms with Crippen LogP contribution in [0.5, 0.6) is 0 Å². The topological polar surface area (TPSA) is 54.2 Å². The molecule has 0 unspecified atom stereocenters. The van der Waals surface area contributed by atoms with Gasteiger partial charge in [-0.15, -0.1) is 0 Å². The molecule has 0 aliphatic heterocycles. The summed E-state index contributed by atoms with van der Waals surface area (Å²) in [5.74, 6) is 1.81. The summed E-state index contributed by atoms with van der Waals surface area (Å²) in [5, 5.41) is 7.01. The largest absolute Gasteiger partial charge is 0.356 e. The molecule has 5 nitrogen and oxygen atoms in total. The van der Waals surface area contributed by atoms with Crippen molar-refractivity contribution in [3.63, 3.8) is 0 Å². The summed E-state index contributed by atoms with van der Waals surface area (Å²) in [6, 6.07) is 8.85. The fourth-order valence-electron chi connectivity index (χ4n) is 3.44. The lowest BCUT2D eigenvalue weighted by Gasteiger charge is -2.28. The highest BCUT2D eigenvalue weighted by molar-refractivity contribution is 5.80. The third kappa shape index (κ3) is 4.28. The summed E-state index contributed by atoms with van der Waals surface area (Å²) in [4.78, 5) is 8.80. The monoisotopic (exact) mass is 327 g/mol. The van der Waals surface area contributed by atoms with Crippen LogP contribution in [0.2, 0.25) is 0 Å². The number of nitrogens with zero attached hydrogens (tertiary/aromatic N) is 3. The fraction of sp³-hybridized carbons (Fsp3) is 0.579. The van der Waals surface area contributed by atoms with Crippen molar-refractivity contribution in [1.29, 1.82) is 0 Å². The Morgan fingerprint density at radius 2 is 2.04 bits per heavy atom.